The van der Waals surface area contributed by atoms with Crippen molar-refractivity contribution < 1.29 is 59.5 Å². The number of rotatable bonds is 1. The van der Waals surface area contributed by atoms with Gasteiger partial charge in [-0.15, -0.1) is 0 Å². The Morgan fingerprint density at radius 3 is 2.54 bits per heavy atom. The van der Waals surface area contributed by atoms with Crippen LogP contribution in [0.1, 0.15) is 35.6 Å². The van der Waals surface area contributed by atoms with Gasteiger partial charge in [-0.2, -0.15) is 0 Å². The van der Waals surface area contributed by atoms with Crippen LogP contribution in [0.15, 0.2) is 71.9 Å². The SMILES string of the molecule is O=C1C(O)=C2c3c([C@H]4Oc5cc(O)cc(O)c5C[C@H]4O)cc4nc5ccccc5nc4c3O[C@@]23C[C@]1(O)O[C@@H]1CC2C(O)=CC(O)=CC2O[C@@H]13. The van der Waals surface area contributed by atoms with E-state index < -0.39 is 65.8 Å². The number of ketones is 1. The predicted octanol–water partition coefficient (Wildman–Crippen LogP) is 3.36. The molecular formula is C36H28N2O12. The van der Waals surface area contributed by atoms with Gasteiger partial charge in [0.25, 0.3) is 5.78 Å². The Kier molecular flexibility index (Phi) is 5.68. The molecule has 2 saturated heterocycles. The maximum Gasteiger partial charge on any atom is 0.256 e. The third kappa shape index (κ3) is 3.78. The number of aromatic nitrogens is 2. The highest BCUT2D eigenvalue weighted by Crippen LogP contribution is 2.62. The van der Waals surface area contributed by atoms with Crippen LogP contribution < -0.4 is 9.47 Å². The number of aliphatic hydroxyl groups excluding tert-OH is 4. The Labute approximate surface area is 281 Å². The molecular weight excluding hydrogens is 652 g/mol. The van der Waals surface area contributed by atoms with E-state index in [1.165, 1.54) is 18.2 Å². The number of benzene rings is 3. The van der Waals surface area contributed by atoms with Crippen LogP contribution in [0, 0.1) is 5.92 Å². The molecule has 2 fully saturated rings. The van der Waals surface area contributed by atoms with Crippen molar-refractivity contribution in [2.45, 2.75) is 61.2 Å². The summed E-state index contributed by atoms with van der Waals surface area (Å²) >= 11 is 0. The Bertz CT molecular complexity index is 2340. The van der Waals surface area contributed by atoms with E-state index in [0.29, 0.717) is 16.6 Å². The first kappa shape index (κ1) is 29.5. The molecule has 3 aromatic carbocycles. The zero-order valence-electron chi connectivity index (χ0n) is 25.8. The molecule has 2 aliphatic carbocycles. The molecule has 4 aromatic rings. The number of fused-ring (bicyclic) bond motifs is 9. The third-order valence-electron chi connectivity index (χ3n) is 10.7. The molecule has 2 unspecified atom stereocenters. The fourth-order valence-corrected chi connectivity index (χ4v) is 8.63. The van der Waals surface area contributed by atoms with E-state index in [-0.39, 0.29) is 75.1 Å². The second-order valence-electron chi connectivity index (χ2n) is 13.7. The smallest absolute Gasteiger partial charge is 0.256 e. The monoisotopic (exact) mass is 680 g/mol. The standard InChI is InChI=1S/C36H28N2O12/c39-13-5-21(41)15-10-23(43)31(47-24(15)7-13)17-9-20-29(38-19-4-2-1-3-18(19)37-20)32-27(17)28-30(44)33(45)36(46)12-35(28,50-32)34-26(49-36)11-16-22(42)6-14(40)8-25(16)48-34/h1-9,16,23,25-26,31,34,39-44,46H,10-12H2/t16?,23-,25?,26-,31-,34+,35+,36+/m1/s1. The number of hydrogen-bond acceptors (Lipinski definition) is 14. The van der Waals surface area contributed by atoms with Crippen LogP contribution >= 0.6 is 0 Å². The van der Waals surface area contributed by atoms with Gasteiger partial charge >= 0.3 is 0 Å². The quantitative estimate of drug-likeness (QED) is 0.143. The van der Waals surface area contributed by atoms with E-state index in [1.54, 1.807) is 30.3 Å². The zero-order valence-corrected chi connectivity index (χ0v) is 25.8. The molecule has 1 aromatic heterocycles. The lowest BCUT2D eigenvalue weighted by atomic mass is 9.67. The minimum Gasteiger partial charge on any atom is -0.512 e. The summed E-state index contributed by atoms with van der Waals surface area (Å²) in [5, 5.41) is 76.8. The van der Waals surface area contributed by atoms with Crippen LogP contribution in [0.25, 0.3) is 27.6 Å². The molecule has 5 heterocycles. The zero-order chi connectivity index (χ0) is 34.4. The minimum atomic E-state index is -2.53. The number of phenols is 2. The second-order valence-corrected chi connectivity index (χ2v) is 13.7. The number of para-hydroxylation sites is 2. The number of Topliss-reactive ketones (excluding diaryl/α,β-unsaturated/α-hetero) is 1. The number of carbonyl (C=O) groups is 1. The van der Waals surface area contributed by atoms with Crippen molar-refractivity contribution in [1.82, 2.24) is 9.97 Å². The van der Waals surface area contributed by atoms with E-state index in [0.717, 1.165) is 6.07 Å². The number of allylic oxidation sites excluding steroid dienone is 1. The van der Waals surface area contributed by atoms with Crippen molar-refractivity contribution in [2.75, 3.05) is 0 Å². The molecule has 1 spiro atoms. The molecule has 7 N–H and O–H groups in total. The third-order valence-corrected chi connectivity index (χ3v) is 10.7. The van der Waals surface area contributed by atoms with Crippen molar-refractivity contribution in [1.29, 1.82) is 0 Å². The molecule has 50 heavy (non-hydrogen) atoms. The van der Waals surface area contributed by atoms with E-state index in [1.807, 2.05) is 0 Å². The normalized spacial score (nSPS) is 33.7. The van der Waals surface area contributed by atoms with E-state index in [4.69, 9.17) is 28.9 Å². The van der Waals surface area contributed by atoms with Crippen LogP contribution in [0.5, 0.6) is 23.0 Å². The summed E-state index contributed by atoms with van der Waals surface area (Å²) in [6.07, 6.45) is -3.32. The van der Waals surface area contributed by atoms with Gasteiger partial charge in [0.05, 0.1) is 46.9 Å². The largest absolute Gasteiger partial charge is 0.512 e. The molecule has 0 amide bonds. The summed E-state index contributed by atoms with van der Waals surface area (Å²) in [5.74, 6) is -5.84. The van der Waals surface area contributed by atoms with Crippen molar-refractivity contribution in [3.05, 3.63) is 88.6 Å². The highest BCUT2D eigenvalue weighted by molar-refractivity contribution is 6.11. The van der Waals surface area contributed by atoms with Gasteiger partial charge < -0.3 is 54.7 Å². The van der Waals surface area contributed by atoms with Crippen molar-refractivity contribution in [2.24, 2.45) is 5.92 Å². The van der Waals surface area contributed by atoms with Crippen LogP contribution in [0.3, 0.4) is 0 Å². The number of aromatic hydroxyl groups is 2. The highest BCUT2D eigenvalue weighted by Gasteiger charge is 2.71. The molecule has 10 rings (SSSR count). The van der Waals surface area contributed by atoms with Crippen molar-refractivity contribution in [3.63, 3.8) is 0 Å². The number of aliphatic hydroxyl groups is 5. The van der Waals surface area contributed by atoms with Crippen molar-refractivity contribution in [3.8, 4) is 23.0 Å². The molecule has 14 heteroatoms. The second kappa shape index (κ2) is 9.63. The number of nitrogens with zero attached hydrogens (tertiary/aromatic N) is 2. The minimum absolute atomic E-state index is 0.0325. The molecule has 14 nitrogen and oxygen atoms in total. The van der Waals surface area contributed by atoms with Gasteiger partial charge in [-0.3, -0.25) is 4.79 Å². The number of carbonyl (C=O) groups excluding carboxylic acids is 1. The molecule has 8 atom stereocenters. The predicted molar refractivity (Wildman–Crippen MR) is 170 cm³/mol. The first-order valence-electron chi connectivity index (χ1n) is 16.1. The Morgan fingerprint density at radius 2 is 1.74 bits per heavy atom. The van der Waals surface area contributed by atoms with Gasteiger partial charge in [0.1, 0.15) is 40.4 Å². The molecule has 254 valence electrons. The van der Waals surface area contributed by atoms with Gasteiger partial charge in [-0.05, 0) is 30.7 Å². The van der Waals surface area contributed by atoms with E-state index in [9.17, 15) is 40.5 Å². The Hall–Kier alpha value is -5.41. The first-order valence-corrected chi connectivity index (χ1v) is 16.1. The molecule has 4 aliphatic heterocycles. The van der Waals surface area contributed by atoms with E-state index in [2.05, 4.69) is 0 Å². The summed E-state index contributed by atoms with van der Waals surface area (Å²) in [6, 6.07) is 11.2. The number of phenolic OH excluding ortho intramolecular Hbond substituents is 2. The number of hydrogen-bond donors (Lipinski definition) is 7. The maximum absolute atomic E-state index is 13.9. The van der Waals surface area contributed by atoms with Gasteiger partial charge in [0, 0.05) is 47.2 Å². The van der Waals surface area contributed by atoms with Gasteiger partial charge in [-0.1, -0.05) is 12.1 Å². The average Bonchev–Trinajstić information content (AvgIpc) is 3.41. The number of ether oxygens (including phenoxy) is 4. The average molecular weight is 681 g/mol. The summed E-state index contributed by atoms with van der Waals surface area (Å²) in [7, 11) is 0. The Balaban J connectivity index is 1.23. The fourth-order valence-electron chi connectivity index (χ4n) is 8.63. The summed E-state index contributed by atoms with van der Waals surface area (Å²) in [4.78, 5) is 23.5. The summed E-state index contributed by atoms with van der Waals surface area (Å²) < 4.78 is 25.7. The Morgan fingerprint density at radius 1 is 0.960 bits per heavy atom. The molecule has 6 aliphatic rings. The van der Waals surface area contributed by atoms with Crippen LogP contribution in [0.2, 0.25) is 0 Å². The topological polar surface area (TPSA) is 221 Å². The van der Waals surface area contributed by atoms with Crippen LogP contribution in [-0.2, 0) is 20.7 Å². The summed E-state index contributed by atoms with van der Waals surface area (Å²) in [6.45, 7) is 0. The molecule has 2 bridgehead atoms. The van der Waals surface area contributed by atoms with Gasteiger partial charge in [0.15, 0.2) is 23.2 Å². The van der Waals surface area contributed by atoms with Gasteiger partial charge in [-0.25, -0.2) is 9.97 Å². The van der Waals surface area contributed by atoms with E-state index >= 15 is 0 Å². The fraction of sp³-hybridized carbons (Fsp3) is 0.306. The maximum atomic E-state index is 13.9. The lowest BCUT2D eigenvalue weighted by Crippen LogP contribution is -2.71. The van der Waals surface area contributed by atoms with Crippen molar-refractivity contribution >= 4 is 33.4 Å². The highest BCUT2D eigenvalue weighted by atomic mass is 16.7. The molecule has 0 saturated carbocycles. The lowest BCUT2D eigenvalue weighted by Gasteiger charge is -2.56. The molecule has 0 radical (unpaired) electrons. The lowest BCUT2D eigenvalue weighted by molar-refractivity contribution is -0.321. The summed E-state index contributed by atoms with van der Waals surface area (Å²) in [5.41, 5.74) is 0.571. The van der Waals surface area contributed by atoms with Crippen LogP contribution in [0.4, 0.5) is 0 Å². The van der Waals surface area contributed by atoms with Gasteiger partial charge in [0.2, 0.25) is 5.79 Å². The first-order chi connectivity index (χ1) is 23.9. The van der Waals surface area contributed by atoms with Crippen LogP contribution in [-0.4, -0.2) is 87.3 Å².